The highest BCUT2D eigenvalue weighted by atomic mass is 32.1. The monoisotopic (exact) mass is 266 g/mol. The lowest BCUT2D eigenvalue weighted by Crippen LogP contribution is -2.36. The molecule has 0 spiro atoms. The molecule has 0 radical (unpaired) electrons. The molecule has 0 amide bonds. The van der Waals surface area contributed by atoms with Gasteiger partial charge in [0.1, 0.15) is 23.5 Å². The summed E-state index contributed by atoms with van der Waals surface area (Å²) in [4.78, 5) is 21.9. The Bertz CT molecular complexity index is 581. The summed E-state index contributed by atoms with van der Waals surface area (Å²) >= 11 is 1.30. The molecule has 0 aliphatic carbocycles. The predicted molar refractivity (Wildman–Crippen MR) is 70.1 cm³/mol. The number of aliphatic carboxylic acids is 1. The number of carboxylic acids is 1. The molecule has 0 bridgehead atoms. The maximum atomic E-state index is 10.9. The lowest BCUT2D eigenvalue weighted by molar-refractivity contribution is -0.135. The molecule has 0 aliphatic heterocycles. The Morgan fingerprint density at radius 2 is 2.22 bits per heavy atom. The summed E-state index contributed by atoms with van der Waals surface area (Å²) < 4.78 is 4.24. The Kier molecular flexibility index (Phi) is 3.42. The molecule has 0 saturated carbocycles. The first kappa shape index (κ1) is 12.7. The van der Waals surface area contributed by atoms with Gasteiger partial charge in [-0.05, 0) is 32.3 Å². The van der Waals surface area contributed by atoms with E-state index in [0.29, 0.717) is 5.82 Å². The van der Waals surface area contributed by atoms with Crippen LogP contribution in [0.5, 0.6) is 0 Å². The molecular formula is C11H14N4O2S. The van der Waals surface area contributed by atoms with Crippen molar-refractivity contribution in [1.29, 1.82) is 0 Å². The van der Waals surface area contributed by atoms with Gasteiger partial charge in [-0.1, -0.05) is 0 Å². The number of aromatic nitrogens is 3. The van der Waals surface area contributed by atoms with Crippen molar-refractivity contribution >= 4 is 33.5 Å². The third-order valence-electron chi connectivity index (χ3n) is 2.62. The van der Waals surface area contributed by atoms with Crippen molar-refractivity contribution < 1.29 is 9.90 Å². The number of carboxylic acid groups (broad SMARTS) is 1. The fraction of sp³-hybridized carbons (Fsp3) is 0.455. The van der Waals surface area contributed by atoms with Crippen LogP contribution in [0.15, 0.2) is 6.33 Å². The number of carbonyl (C=O) groups is 1. The summed E-state index contributed by atoms with van der Waals surface area (Å²) in [6, 6.07) is 0.0403. The first-order chi connectivity index (χ1) is 8.50. The van der Waals surface area contributed by atoms with Gasteiger partial charge in [-0.15, -0.1) is 0 Å². The minimum Gasteiger partial charge on any atom is -0.480 e. The minimum absolute atomic E-state index is 0.0403. The second-order valence-corrected chi connectivity index (χ2v) is 5.01. The van der Waals surface area contributed by atoms with Gasteiger partial charge in [0.25, 0.3) is 0 Å². The number of fused-ring (bicyclic) bond motifs is 1. The van der Waals surface area contributed by atoms with Crippen LogP contribution in [0.4, 0.5) is 5.82 Å². The van der Waals surface area contributed by atoms with Gasteiger partial charge in [0.05, 0.1) is 11.1 Å². The largest absolute Gasteiger partial charge is 0.480 e. The molecule has 7 heteroatoms. The highest BCUT2D eigenvalue weighted by Crippen LogP contribution is 2.29. The first-order valence-corrected chi connectivity index (χ1v) is 6.33. The molecule has 18 heavy (non-hydrogen) atoms. The van der Waals surface area contributed by atoms with Crippen LogP contribution < -0.4 is 4.90 Å². The Morgan fingerprint density at radius 3 is 2.83 bits per heavy atom. The van der Waals surface area contributed by atoms with Gasteiger partial charge in [-0.3, -0.25) is 4.79 Å². The summed E-state index contributed by atoms with van der Waals surface area (Å²) in [5.41, 5.74) is 0.835. The number of hydrogen-bond donors (Lipinski definition) is 1. The minimum atomic E-state index is -0.878. The number of aryl methyl sites for hydroxylation is 1. The van der Waals surface area contributed by atoms with Crippen molar-refractivity contribution in [2.45, 2.75) is 26.8 Å². The average Bonchev–Trinajstić information content (AvgIpc) is 2.68. The standard InChI is InChI=1S/C11H14N4O2S/c1-6(2)15(4-8(16)17)10-9-7(3)14-18-11(9)13-5-12-10/h5-6H,4H2,1-3H3,(H,16,17). The SMILES string of the molecule is Cc1nsc2ncnc(N(CC(=O)O)C(C)C)c12. The lowest BCUT2D eigenvalue weighted by atomic mass is 10.2. The molecule has 0 aromatic carbocycles. The molecule has 0 aliphatic rings. The van der Waals surface area contributed by atoms with E-state index in [1.54, 1.807) is 4.90 Å². The van der Waals surface area contributed by atoms with Gasteiger partial charge in [0.15, 0.2) is 0 Å². The van der Waals surface area contributed by atoms with Gasteiger partial charge in [-0.2, -0.15) is 4.37 Å². The Hall–Kier alpha value is -1.76. The van der Waals surface area contributed by atoms with Crippen molar-refractivity contribution in [3.63, 3.8) is 0 Å². The average molecular weight is 266 g/mol. The molecule has 96 valence electrons. The Morgan fingerprint density at radius 1 is 1.50 bits per heavy atom. The van der Waals surface area contributed by atoms with E-state index in [4.69, 9.17) is 5.11 Å². The van der Waals surface area contributed by atoms with Gasteiger partial charge in [0.2, 0.25) is 0 Å². The summed E-state index contributed by atoms with van der Waals surface area (Å²) in [6.07, 6.45) is 1.45. The van der Waals surface area contributed by atoms with Crippen LogP contribution in [0.2, 0.25) is 0 Å². The summed E-state index contributed by atoms with van der Waals surface area (Å²) in [6.45, 7) is 5.67. The number of hydrogen-bond acceptors (Lipinski definition) is 6. The maximum Gasteiger partial charge on any atom is 0.323 e. The van der Waals surface area contributed by atoms with Crippen LogP contribution >= 0.6 is 11.5 Å². The van der Waals surface area contributed by atoms with E-state index in [1.165, 1.54) is 17.9 Å². The van der Waals surface area contributed by atoms with Crippen LogP contribution in [-0.2, 0) is 4.79 Å². The topological polar surface area (TPSA) is 79.2 Å². The summed E-state index contributed by atoms with van der Waals surface area (Å²) in [5, 5.41) is 9.83. The van der Waals surface area contributed by atoms with E-state index in [-0.39, 0.29) is 12.6 Å². The molecule has 0 fully saturated rings. The van der Waals surface area contributed by atoms with Crippen molar-refractivity contribution in [3.05, 3.63) is 12.0 Å². The van der Waals surface area contributed by atoms with Crippen molar-refractivity contribution in [3.8, 4) is 0 Å². The van der Waals surface area contributed by atoms with Crippen molar-refractivity contribution in [1.82, 2.24) is 14.3 Å². The molecule has 2 heterocycles. The summed E-state index contributed by atoms with van der Waals surface area (Å²) in [5.74, 6) is -0.236. The lowest BCUT2D eigenvalue weighted by Gasteiger charge is -2.26. The third kappa shape index (κ3) is 2.26. The number of anilines is 1. The Labute approximate surface area is 108 Å². The highest BCUT2D eigenvalue weighted by molar-refractivity contribution is 7.13. The van der Waals surface area contributed by atoms with Crippen molar-refractivity contribution in [2.24, 2.45) is 0 Å². The van der Waals surface area contributed by atoms with E-state index < -0.39 is 5.97 Å². The number of nitrogens with zero attached hydrogens (tertiary/aromatic N) is 4. The molecule has 2 aromatic heterocycles. The first-order valence-electron chi connectivity index (χ1n) is 5.56. The van der Waals surface area contributed by atoms with Gasteiger partial charge < -0.3 is 10.0 Å². The molecule has 2 rings (SSSR count). The normalized spacial score (nSPS) is 11.1. The molecule has 0 unspecified atom stereocenters. The fourth-order valence-electron chi connectivity index (χ4n) is 1.77. The zero-order valence-corrected chi connectivity index (χ0v) is 11.2. The molecule has 0 saturated heterocycles. The van der Waals surface area contributed by atoms with E-state index in [1.807, 2.05) is 20.8 Å². The van der Waals surface area contributed by atoms with E-state index in [9.17, 15) is 4.79 Å². The van der Waals surface area contributed by atoms with E-state index >= 15 is 0 Å². The molecule has 6 nitrogen and oxygen atoms in total. The van der Waals surface area contributed by atoms with Gasteiger partial charge in [-0.25, -0.2) is 9.97 Å². The van der Waals surface area contributed by atoms with Crippen LogP contribution in [0.3, 0.4) is 0 Å². The smallest absolute Gasteiger partial charge is 0.323 e. The summed E-state index contributed by atoms with van der Waals surface area (Å²) in [7, 11) is 0. The van der Waals surface area contributed by atoms with Crippen molar-refractivity contribution in [2.75, 3.05) is 11.4 Å². The third-order valence-corrected chi connectivity index (χ3v) is 3.47. The highest BCUT2D eigenvalue weighted by Gasteiger charge is 2.20. The molecule has 0 atom stereocenters. The van der Waals surface area contributed by atoms with Crippen LogP contribution in [0, 0.1) is 6.92 Å². The molecular weight excluding hydrogens is 252 g/mol. The van der Waals surface area contributed by atoms with Gasteiger partial charge >= 0.3 is 5.97 Å². The van der Waals surface area contributed by atoms with E-state index in [0.717, 1.165) is 15.9 Å². The zero-order valence-electron chi connectivity index (χ0n) is 10.4. The van der Waals surface area contributed by atoms with Crippen LogP contribution in [-0.4, -0.2) is 38.0 Å². The Balaban J connectivity index is 2.56. The second-order valence-electron chi connectivity index (χ2n) is 4.26. The van der Waals surface area contributed by atoms with Crippen LogP contribution in [0.1, 0.15) is 19.5 Å². The quantitative estimate of drug-likeness (QED) is 0.907. The number of rotatable bonds is 4. The zero-order chi connectivity index (χ0) is 13.3. The van der Waals surface area contributed by atoms with Crippen LogP contribution in [0.25, 0.3) is 10.2 Å². The fourth-order valence-corrected chi connectivity index (χ4v) is 2.51. The predicted octanol–water partition coefficient (Wildman–Crippen LogP) is 1.69. The molecule has 2 aromatic rings. The second kappa shape index (κ2) is 4.85. The molecule has 1 N–H and O–H groups in total. The van der Waals surface area contributed by atoms with E-state index in [2.05, 4.69) is 14.3 Å². The van der Waals surface area contributed by atoms with Gasteiger partial charge in [0, 0.05) is 6.04 Å². The maximum absolute atomic E-state index is 10.9.